The molecule has 4 aromatic rings. The Balaban J connectivity index is 1.59. The summed E-state index contributed by atoms with van der Waals surface area (Å²) in [6, 6.07) is 12.2. The fourth-order valence-corrected chi connectivity index (χ4v) is 3.97. The first-order chi connectivity index (χ1) is 15.7. The van der Waals surface area contributed by atoms with Crippen LogP contribution in [0.4, 0.5) is 0 Å². The van der Waals surface area contributed by atoms with Crippen LogP contribution in [-0.2, 0) is 19.5 Å². The first kappa shape index (κ1) is 21.7. The van der Waals surface area contributed by atoms with Gasteiger partial charge in [-0.3, -0.25) is 14.1 Å². The van der Waals surface area contributed by atoms with Crippen LogP contribution in [0.3, 0.4) is 0 Å². The monoisotopic (exact) mass is 431 g/mol. The molecule has 3 aromatic heterocycles. The number of H-pyrrole nitrogens is 1. The summed E-state index contributed by atoms with van der Waals surface area (Å²) in [6.07, 6.45) is 9.10. The van der Waals surface area contributed by atoms with Gasteiger partial charge < -0.3 is 0 Å². The Morgan fingerprint density at radius 3 is 2.59 bits per heavy atom. The highest BCUT2D eigenvalue weighted by atomic mass is 16.1. The fraction of sp³-hybridized carbons (Fsp3) is 0.375. The number of unbranched alkanes of at least 4 members (excludes halogenated alkanes) is 2. The molecule has 1 aromatic carbocycles. The Hall–Kier alpha value is -3.55. The average molecular weight is 432 g/mol. The zero-order valence-corrected chi connectivity index (χ0v) is 18.7. The van der Waals surface area contributed by atoms with Crippen molar-refractivity contribution >= 4 is 0 Å². The number of aromatic nitrogens is 7. The molecule has 166 valence electrons. The molecule has 1 N–H and O–H groups in total. The summed E-state index contributed by atoms with van der Waals surface area (Å²) < 4.78 is 3.78. The number of nitrogens with zero attached hydrogens (tertiary/aromatic N) is 6. The Kier molecular flexibility index (Phi) is 6.89. The van der Waals surface area contributed by atoms with Crippen LogP contribution in [0.25, 0.3) is 22.6 Å². The number of rotatable bonds is 10. The van der Waals surface area contributed by atoms with Crippen molar-refractivity contribution in [2.45, 2.75) is 59.0 Å². The first-order valence-electron chi connectivity index (χ1n) is 11.3. The molecule has 0 saturated heterocycles. The summed E-state index contributed by atoms with van der Waals surface area (Å²) in [5, 5.41) is 14.1. The van der Waals surface area contributed by atoms with Crippen LogP contribution < -0.4 is 5.69 Å². The zero-order valence-electron chi connectivity index (χ0n) is 18.7. The summed E-state index contributed by atoms with van der Waals surface area (Å²) in [5.74, 6) is 0.533. The Morgan fingerprint density at radius 2 is 1.88 bits per heavy atom. The summed E-state index contributed by atoms with van der Waals surface area (Å²) in [4.78, 5) is 17.4. The van der Waals surface area contributed by atoms with E-state index in [2.05, 4.69) is 63.7 Å². The van der Waals surface area contributed by atoms with Gasteiger partial charge in [-0.1, -0.05) is 57.0 Å². The lowest BCUT2D eigenvalue weighted by atomic mass is 10.0. The predicted octanol–water partition coefficient (Wildman–Crippen LogP) is 4.08. The van der Waals surface area contributed by atoms with Crippen molar-refractivity contribution in [3.63, 3.8) is 0 Å². The number of aromatic amines is 1. The zero-order chi connectivity index (χ0) is 22.3. The summed E-state index contributed by atoms with van der Waals surface area (Å²) >= 11 is 0. The minimum atomic E-state index is 0.0785. The lowest BCUT2D eigenvalue weighted by Gasteiger charge is -2.10. The van der Waals surface area contributed by atoms with E-state index < -0.39 is 0 Å². The molecule has 0 atom stereocenters. The number of hydrogen-bond donors (Lipinski definition) is 1. The van der Waals surface area contributed by atoms with Gasteiger partial charge in [-0.15, -0.1) is 5.10 Å². The Morgan fingerprint density at radius 1 is 1.03 bits per heavy atom. The van der Waals surface area contributed by atoms with Crippen LogP contribution in [0.1, 0.15) is 50.8 Å². The third-order valence-corrected chi connectivity index (χ3v) is 5.61. The number of pyridine rings is 1. The molecule has 0 bridgehead atoms. The smallest absolute Gasteiger partial charge is 0.299 e. The molecule has 0 spiro atoms. The minimum absolute atomic E-state index is 0.0785. The number of tetrazole rings is 1. The minimum Gasteiger partial charge on any atom is -0.299 e. The summed E-state index contributed by atoms with van der Waals surface area (Å²) in [7, 11) is 0. The van der Waals surface area contributed by atoms with Gasteiger partial charge in [0.1, 0.15) is 5.69 Å². The molecule has 0 unspecified atom stereocenters. The standard InChI is InChI=1S/C24H29N7O/c1-3-5-6-8-20-17-30(15-4-2)24(32)31(20)16-18-10-12-19(13-11-18)21-9-7-14-25-22(21)23-26-28-29-27-23/h7,9-14,17H,3-6,8,15-16H2,1-2H3,(H,26,27,28,29). The Labute approximate surface area is 187 Å². The molecule has 0 fully saturated rings. The first-order valence-corrected chi connectivity index (χ1v) is 11.3. The number of aryl methyl sites for hydroxylation is 2. The van der Waals surface area contributed by atoms with Crippen molar-refractivity contribution in [2.75, 3.05) is 0 Å². The average Bonchev–Trinajstić information content (AvgIpc) is 3.45. The second kappa shape index (κ2) is 10.2. The lowest BCUT2D eigenvalue weighted by Crippen LogP contribution is -2.25. The van der Waals surface area contributed by atoms with Crippen LogP contribution in [-0.4, -0.2) is 34.7 Å². The van der Waals surface area contributed by atoms with Crippen molar-refractivity contribution < 1.29 is 0 Å². The van der Waals surface area contributed by atoms with Crippen LogP contribution >= 0.6 is 0 Å². The van der Waals surface area contributed by atoms with Crippen LogP contribution in [0.5, 0.6) is 0 Å². The molecule has 0 aliphatic carbocycles. The van der Waals surface area contributed by atoms with Gasteiger partial charge in [0.15, 0.2) is 5.82 Å². The summed E-state index contributed by atoms with van der Waals surface area (Å²) in [5.41, 5.74) is 4.96. The van der Waals surface area contributed by atoms with E-state index in [4.69, 9.17) is 0 Å². The predicted molar refractivity (Wildman–Crippen MR) is 124 cm³/mol. The normalized spacial score (nSPS) is 11.2. The van der Waals surface area contributed by atoms with Gasteiger partial charge in [0.2, 0.25) is 0 Å². The second-order valence-corrected chi connectivity index (χ2v) is 7.99. The molecule has 3 heterocycles. The molecular weight excluding hydrogens is 402 g/mol. The van der Waals surface area contributed by atoms with Gasteiger partial charge in [-0.05, 0) is 46.9 Å². The van der Waals surface area contributed by atoms with Crippen molar-refractivity contribution in [3.8, 4) is 22.6 Å². The molecule has 0 aliphatic rings. The molecule has 32 heavy (non-hydrogen) atoms. The van der Waals surface area contributed by atoms with Crippen molar-refractivity contribution in [3.05, 3.63) is 70.5 Å². The topological polar surface area (TPSA) is 94.3 Å². The quantitative estimate of drug-likeness (QED) is 0.382. The van der Waals surface area contributed by atoms with Crippen molar-refractivity contribution in [2.24, 2.45) is 0 Å². The number of hydrogen-bond acceptors (Lipinski definition) is 5. The second-order valence-electron chi connectivity index (χ2n) is 7.99. The number of benzene rings is 1. The fourth-order valence-electron chi connectivity index (χ4n) is 3.97. The maximum atomic E-state index is 13.0. The van der Waals surface area contributed by atoms with E-state index >= 15 is 0 Å². The molecular formula is C24H29N7O. The van der Waals surface area contributed by atoms with Crippen LogP contribution in [0.15, 0.2) is 53.6 Å². The number of nitrogens with one attached hydrogen (secondary N) is 1. The highest BCUT2D eigenvalue weighted by Crippen LogP contribution is 2.28. The van der Waals surface area contributed by atoms with E-state index in [1.165, 1.54) is 12.8 Å². The molecule has 8 nitrogen and oxygen atoms in total. The number of imidazole rings is 1. The molecule has 0 radical (unpaired) electrons. The lowest BCUT2D eigenvalue weighted by molar-refractivity contribution is 0.615. The van der Waals surface area contributed by atoms with Crippen molar-refractivity contribution in [1.82, 2.24) is 34.7 Å². The van der Waals surface area contributed by atoms with Gasteiger partial charge >= 0.3 is 5.69 Å². The maximum Gasteiger partial charge on any atom is 0.328 e. The SMILES string of the molecule is CCCCCc1cn(CCC)c(=O)n1Cc1ccc(-c2cccnc2-c2nnn[nH]2)cc1. The van der Waals surface area contributed by atoms with Crippen LogP contribution in [0.2, 0.25) is 0 Å². The van der Waals surface area contributed by atoms with E-state index in [1.54, 1.807) is 6.20 Å². The largest absolute Gasteiger partial charge is 0.328 e. The van der Waals surface area contributed by atoms with Gasteiger partial charge in [0.05, 0.1) is 6.54 Å². The van der Waals surface area contributed by atoms with E-state index in [0.29, 0.717) is 18.1 Å². The third kappa shape index (κ3) is 4.69. The van der Waals surface area contributed by atoms with E-state index in [9.17, 15) is 4.79 Å². The highest BCUT2D eigenvalue weighted by Gasteiger charge is 2.13. The van der Waals surface area contributed by atoms with E-state index in [0.717, 1.165) is 48.2 Å². The van der Waals surface area contributed by atoms with Crippen LogP contribution in [0, 0.1) is 0 Å². The van der Waals surface area contributed by atoms with Gasteiger partial charge in [-0.25, -0.2) is 9.89 Å². The molecule has 0 amide bonds. The summed E-state index contributed by atoms with van der Waals surface area (Å²) in [6.45, 7) is 5.62. The highest BCUT2D eigenvalue weighted by molar-refractivity contribution is 5.77. The molecule has 4 rings (SSSR count). The van der Waals surface area contributed by atoms with Gasteiger partial charge in [0, 0.05) is 30.2 Å². The maximum absolute atomic E-state index is 13.0. The Bertz CT molecular complexity index is 1190. The van der Waals surface area contributed by atoms with E-state index in [-0.39, 0.29) is 5.69 Å². The van der Waals surface area contributed by atoms with Gasteiger partial charge in [-0.2, -0.15) is 0 Å². The third-order valence-electron chi connectivity index (χ3n) is 5.61. The molecule has 8 heteroatoms. The van der Waals surface area contributed by atoms with Gasteiger partial charge in [0.25, 0.3) is 0 Å². The molecule has 0 aliphatic heterocycles. The van der Waals surface area contributed by atoms with E-state index in [1.807, 2.05) is 27.5 Å². The molecule has 0 saturated carbocycles. The van der Waals surface area contributed by atoms with Crippen molar-refractivity contribution in [1.29, 1.82) is 0 Å².